The van der Waals surface area contributed by atoms with Gasteiger partial charge in [0, 0.05) is 12.4 Å². The maximum absolute atomic E-state index is 4.19. The Balaban J connectivity index is 0.000000337. The quantitative estimate of drug-likeness (QED) is 0.464. The van der Waals surface area contributed by atoms with E-state index in [1.165, 1.54) is 0 Å². The van der Waals surface area contributed by atoms with Crippen molar-refractivity contribution < 1.29 is 8.46 Å². The summed E-state index contributed by atoms with van der Waals surface area (Å²) in [6.07, 6.45) is 3.54. The van der Waals surface area contributed by atoms with Crippen molar-refractivity contribution in [1.82, 2.24) is 9.97 Å². The van der Waals surface area contributed by atoms with Gasteiger partial charge in [0.25, 0.3) is 0 Å². The molecule has 2 aromatic heterocycles. The predicted octanol–water partition coefficient (Wildman–Crippen LogP) is 3.91. The van der Waals surface area contributed by atoms with E-state index in [0.29, 0.717) is 0 Å². The standard InChI is InChI=1S/C10H8N2.Cu.2HI/c1-3-7-11-9(5-1)10-6-2-4-8-12-10;;;/h1-8H;;2*1H/q;+2;;/p-2. The summed E-state index contributed by atoms with van der Waals surface area (Å²) in [7, 11) is 1.75. The van der Waals surface area contributed by atoms with Crippen LogP contribution in [0.25, 0.3) is 11.4 Å². The molecule has 0 radical (unpaired) electrons. The van der Waals surface area contributed by atoms with E-state index in [1.54, 1.807) is 20.9 Å². The molecule has 0 fully saturated rings. The van der Waals surface area contributed by atoms with Crippen molar-refractivity contribution in [3.8, 4) is 11.4 Å². The number of hydrogen-bond acceptors (Lipinski definition) is 2. The van der Waals surface area contributed by atoms with Crippen molar-refractivity contribution in [1.29, 1.82) is 0 Å². The Morgan fingerprint density at radius 2 is 1.20 bits per heavy atom. The first-order chi connectivity index (χ1) is 7.38. The molecule has 0 saturated heterocycles. The molecule has 0 spiro atoms. The van der Waals surface area contributed by atoms with E-state index in [1.807, 2.05) is 36.4 Å². The fourth-order valence-electron chi connectivity index (χ4n) is 1.03. The van der Waals surface area contributed by atoms with Gasteiger partial charge in [-0.2, -0.15) is 0 Å². The van der Waals surface area contributed by atoms with Gasteiger partial charge in [-0.3, -0.25) is 9.97 Å². The number of nitrogens with zero attached hydrogens (tertiary/aromatic N) is 2. The Bertz CT molecular complexity index is 332. The zero-order valence-corrected chi connectivity index (χ0v) is 12.8. The van der Waals surface area contributed by atoms with Crippen LogP contribution in [0, 0.1) is 0 Å². The van der Waals surface area contributed by atoms with E-state index in [0.717, 1.165) is 11.4 Å². The number of halogens is 2. The molecule has 2 heterocycles. The molecule has 5 heteroatoms. The summed E-state index contributed by atoms with van der Waals surface area (Å²) in [6, 6.07) is 11.6. The topological polar surface area (TPSA) is 25.8 Å². The molecular formula is C10H8CuI2N2. The van der Waals surface area contributed by atoms with E-state index < -0.39 is 0 Å². The first-order valence-electron chi connectivity index (χ1n) is 4.02. The van der Waals surface area contributed by atoms with Crippen LogP contribution in [0.2, 0.25) is 0 Å². The number of aromatic nitrogens is 2. The zero-order chi connectivity index (χ0) is 10.9. The van der Waals surface area contributed by atoms with Gasteiger partial charge in [-0.1, -0.05) is 12.1 Å². The number of hydrogen-bond donors (Lipinski definition) is 0. The van der Waals surface area contributed by atoms with E-state index in [4.69, 9.17) is 0 Å². The van der Waals surface area contributed by atoms with Gasteiger partial charge < -0.3 is 0 Å². The average molecular weight is 474 g/mol. The first-order valence-corrected chi connectivity index (χ1v) is 10.1. The third kappa shape index (κ3) is 5.24. The van der Waals surface area contributed by atoms with Crippen molar-refractivity contribution in [2.24, 2.45) is 0 Å². The van der Waals surface area contributed by atoms with Gasteiger partial charge in [0.05, 0.1) is 11.4 Å². The predicted molar refractivity (Wildman–Crippen MR) is 75.5 cm³/mol. The van der Waals surface area contributed by atoms with Gasteiger partial charge in [-0.15, -0.1) is 0 Å². The van der Waals surface area contributed by atoms with Crippen molar-refractivity contribution in [3.05, 3.63) is 48.8 Å². The normalized spacial score (nSPS) is 9.20. The molecular weight excluding hydrogens is 465 g/mol. The molecule has 0 saturated carbocycles. The molecule has 2 rings (SSSR count). The van der Waals surface area contributed by atoms with Crippen LogP contribution in [0.15, 0.2) is 48.8 Å². The summed E-state index contributed by atoms with van der Waals surface area (Å²) in [5.41, 5.74) is 1.83. The third-order valence-corrected chi connectivity index (χ3v) is 1.59. The molecule has 0 aliphatic heterocycles. The summed E-state index contributed by atoms with van der Waals surface area (Å²) < 4.78 is 0. The first kappa shape index (κ1) is 13.3. The molecule has 0 bridgehead atoms. The SMILES string of the molecule is [I][Cu][I].c1ccc(-c2ccccn2)nc1. The van der Waals surface area contributed by atoms with E-state index in [9.17, 15) is 0 Å². The Morgan fingerprint density at radius 1 is 0.800 bits per heavy atom. The van der Waals surface area contributed by atoms with Crippen LogP contribution < -0.4 is 0 Å². The maximum Gasteiger partial charge on any atom is 0.0886 e. The maximum atomic E-state index is 4.19. The molecule has 0 aromatic carbocycles. The molecule has 2 nitrogen and oxygen atoms in total. The minimum atomic E-state index is 0.915. The number of pyridine rings is 2. The van der Waals surface area contributed by atoms with Gasteiger partial charge in [0.2, 0.25) is 0 Å². The van der Waals surface area contributed by atoms with E-state index >= 15 is 0 Å². The van der Waals surface area contributed by atoms with Crippen molar-refractivity contribution in [2.45, 2.75) is 0 Å². The van der Waals surface area contributed by atoms with Crippen LogP contribution in [0.1, 0.15) is 0 Å². The third-order valence-electron chi connectivity index (χ3n) is 1.59. The molecule has 0 amide bonds. The van der Waals surface area contributed by atoms with Crippen LogP contribution in [0.3, 0.4) is 0 Å². The Kier molecular flexibility index (Phi) is 7.50. The molecule has 2 aromatic rings. The second kappa shape index (κ2) is 8.43. The molecule has 0 unspecified atom stereocenters. The summed E-state index contributed by atoms with van der Waals surface area (Å²) in [5.74, 6) is 0. The van der Waals surface area contributed by atoms with Gasteiger partial charge in [0.1, 0.15) is 0 Å². The van der Waals surface area contributed by atoms with Gasteiger partial charge >= 0.3 is 49.1 Å². The monoisotopic (exact) mass is 473 g/mol. The molecule has 0 N–H and O–H groups in total. The van der Waals surface area contributed by atoms with Crippen molar-refractivity contribution in [2.75, 3.05) is 0 Å². The van der Waals surface area contributed by atoms with Gasteiger partial charge in [-0.25, -0.2) is 0 Å². The Labute approximate surface area is 118 Å². The van der Waals surface area contributed by atoms with Crippen molar-refractivity contribution in [3.63, 3.8) is 0 Å². The van der Waals surface area contributed by atoms with Crippen LogP contribution in [-0.2, 0) is 8.46 Å². The van der Waals surface area contributed by atoms with Crippen molar-refractivity contribution >= 4 is 40.7 Å². The van der Waals surface area contributed by atoms with Crippen LogP contribution in [-0.4, -0.2) is 9.97 Å². The second-order valence-electron chi connectivity index (χ2n) is 2.47. The molecule has 0 aliphatic carbocycles. The Morgan fingerprint density at radius 3 is 1.47 bits per heavy atom. The Hall–Kier alpha value is 0.279. The van der Waals surface area contributed by atoms with Gasteiger partial charge in [-0.05, 0) is 24.3 Å². The molecule has 0 atom stereocenters. The summed E-state index contributed by atoms with van der Waals surface area (Å²) >= 11 is 4.36. The largest absolute Gasteiger partial charge is 0.255 e. The minimum Gasteiger partial charge on any atom is -0.255 e. The molecule has 0 aliphatic rings. The van der Waals surface area contributed by atoms with Crippen LogP contribution in [0.4, 0.5) is 0 Å². The summed E-state index contributed by atoms with van der Waals surface area (Å²) in [5, 5.41) is 0. The second-order valence-corrected chi connectivity index (χ2v) is 10.4. The molecule has 15 heavy (non-hydrogen) atoms. The van der Waals surface area contributed by atoms with E-state index in [-0.39, 0.29) is 0 Å². The van der Waals surface area contributed by atoms with E-state index in [2.05, 4.69) is 50.7 Å². The van der Waals surface area contributed by atoms with Gasteiger partial charge in [0.15, 0.2) is 0 Å². The number of rotatable bonds is 1. The minimum absolute atomic E-state index is 0.915. The molecule has 83 valence electrons. The van der Waals surface area contributed by atoms with Crippen LogP contribution in [0.5, 0.6) is 0 Å². The summed E-state index contributed by atoms with van der Waals surface area (Å²) in [4.78, 5) is 8.37. The van der Waals surface area contributed by atoms with Crippen LogP contribution >= 0.6 is 40.7 Å². The fraction of sp³-hybridized carbons (Fsp3) is 0. The zero-order valence-electron chi connectivity index (χ0n) is 7.57. The summed E-state index contributed by atoms with van der Waals surface area (Å²) in [6.45, 7) is 0. The fourth-order valence-corrected chi connectivity index (χ4v) is 1.03. The smallest absolute Gasteiger partial charge is 0.0886 e. The average Bonchev–Trinajstić information content (AvgIpc) is 2.32.